The summed E-state index contributed by atoms with van der Waals surface area (Å²) >= 11 is 9.24. The number of rotatable bonds is 5. The molecule has 2 aromatic rings. The summed E-state index contributed by atoms with van der Waals surface area (Å²) in [5.74, 6) is 0. The molecule has 0 aromatic heterocycles. The number of nitro groups is 1. The maximum Gasteiger partial charge on any atom is 0.270 e. The highest BCUT2D eigenvalue weighted by molar-refractivity contribution is 9.10. The van der Waals surface area contributed by atoms with Gasteiger partial charge in [0.1, 0.15) is 0 Å². The van der Waals surface area contributed by atoms with Gasteiger partial charge in [-0.1, -0.05) is 39.7 Å². The lowest BCUT2D eigenvalue weighted by molar-refractivity contribution is -0.384. The number of non-ortho nitro benzene ring substituents is 1. The van der Waals surface area contributed by atoms with Crippen LogP contribution in [0.4, 0.5) is 5.69 Å². The minimum absolute atomic E-state index is 0.0800. The second-order valence-electron chi connectivity index (χ2n) is 4.69. The van der Waals surface area contributed by atoms with Crippen LogP contribution in [0.3, 0.4) is 0 Å². The van der Waals surface area contributed by atoms with Crippen LogP contribution in [-0.2, 0) is 6.54 Å². The quantitative estimate of drug-likeness (QED) is 0.605. The zero-order valence-electron chi connectivity index (χ0n) is 11.3. The Bertz CT molecular complexity index is 647. The maximum absolute atomic E-state index is 10.7. The third-order valence-electron chi connectivity index (χ3n) is 3.22. The molecule has 0 saturated carbocycles. The van der Waals surface area contributed by atoms with Crippen molar-refractivity contribution in [1.29, 1.82) is 0 Å². The lowest BCUT2D eigenvalue weighted by atomic mass is 10.1. The van der Waals surface area contributed by atoms with Gasteiger partial charge in [0, 0.05) is 34.2 Å². The van der Waals surface area contributed by atoms with Gasteiger partial charge in [0.2, 0.25) is 0 Å². The van der Waals surface area contributed by atoms with Gasteiger partial charge in [-0.3, -0.25) is 10.1 Å². The number of hydrogen-bond acceptors (Lipinski definition) is 3. The molecule has 0 heterocycles. The van der Waals surface area contributed by atoms with E-state index in [-0.39, 0.29) is 11.7 Å². The van der Waals surface area contributed by atoms with Gasteiger partial charge in [-0.2, -0.15) is 0 Å². The summed E-state index contributed by atoms with van der Waals surface area (Å²) in [6.07, 6.45) is 0. The molecule has 21 heavy (non-hydrogen) atoms. The molecule has 0 radical (unpaired) electrons. The Morgan fingerprint density at radius 3 is 2.52 bits per heavy atom. The number of nitrogens with one attached hydrogen (secondary N) is 1. The van der Waals surface area contributed by atoms with E-state index in [1.807, 2.05) is 24.3 Å². The minimum Gasteiger partial charge on any atom is -0.306 e. The number of nitro benzene ring substituents is 1. The average Bonchev–Trinajstić information content (AvgIpc) is 2.46. The summed E-state index contributed by atoms with van der Waals surface area (Å²) < 4.78 is 0.729. The Morgan fingerprint density at radius 1 is 1.29 bits per heavy atom. The molecule has 0 aliphatic rings. The third kappa shape index (κ3) is 4.27. The van der Waals surface area contributed by atoms with Crippen molar-refractivity contribution in [3.05, 3.63) is 73.2 Å². The third-order valence-corrected chi connectivity index (χ3v) is 4.21. The lowest BCUT2D eigenvalue weighted by Crippen LogP contribution is -2.18. The predicted octanol–water partition coefficient (Wildman–Crippen LogP) is 4.86. The zero-order valence-corrected chi connectivity index (χ0v) is 13.7. The molecule has 1 unspecified atom stereocenters. The lowest BCUT2D eigenvalue weighted by Gasteiger charge is -2.15. The number of nitrogens with zero attached hydrogens (tertiary/aromatic N) is 1. The number of halogens is 2. The first kappa shape index (κ1) is 15.9. The SMILES string of the molecule is CC(NCc1ccc([N+](=O)[O-])cc1Br)c1ccc(Cl)cc1. The van der Waals surface area contributed by atoms with E-state index in [4.69, 9.17) is 11.6 Å². The van der Waals surface area contributed by atoms with E-state index in [1.165, 1.54) is 12.1 Å². The molecule has 1 atom stereocenters. The van der Waals surface area contributed by atoms with E-state index >= 15 is 0 Å². The zero-order chi connectivity index (χ0) is 15.4. The highest BCUT2D eigenvalue weighted by Gasteiger charge is 2.10. The van der Waals surface area contributed by atoms with E-state index < -0.39 is 4.92 Å². The summed E-state index contributed by atoms with van der Waals surface area (Å²) in [5, 5.41) is 14.8. The van der Waals surface area contributed by atoms with Gasteiger partial charge in [-0.25, -0.2) is 0 Å². The molecule has 2 rings (SSSR count). The molecule has 0 saturated heterocycles. The average molecular weight is 370 g/mol. The van der Waals surface area contributed by atoms with Crippen molar-refractivity contribution >= 4 is 33.2 Å². The van der Waals surface area contributed by atoms with Crippen molar-refractivity contribution in [1.82, 2.24) is 5.32 Å². The smallest absolute Gasteiger partial charge is 0.270 e. The van der Waals surface area contributed by atoms with Crippen LogP contribution in [0.5, 0.6) is 0 Å². The topological polar surface area (TPSA) is 55.2 Å². The molecule has 0 aliphatic carbocycles. The molecule has 110 valence electrons. The molecule has 0 spiro atoms. The van der Waals surface area contributed by atoms with E-state index in [2.05, 4.69) is 28.2 Å². The van der Waals surface area contributed by atoms with Crippen molar-refractivity contribution < 1.29 is 4.92 Å². The summed E-state index contributed by atoms with van der Waals surface area (Å²) in [6.45, 7) is 2.67. The molecule has 0 fully saturated rings. The Morgan fingerprint density at radius 2 is 1.95 bits per heavy atom. The van der Waals surface area contributed by atoms with Gasteiger partial charge in [0.25, 0.3) is 5.69 Å². The van der Waals surface area contributed by atoms with Gasteiger partial charge in [0.05, 0.1) is 4.92 Å². The van der Waals surface area contributed by atoms with E-state index in [0.29, 0.717) is 11.6 Å². The summed E-state index contributed by atoms with van der Waals surface area (Å²) in [5.41, 5.74) is 2.19. The molecule has 6 heteroatoms. The first-order valence-corrected chi connectivity index (χ1v) is 7.56. The minimum atomic E-state index is -0.404. The molecule has 2 aromatic carbocycles. The fourth-order valence-electron chi connectivity index (χ4n) is 1.93. The van der Waals surface area contributed by atoms with Gasteiger partial charge in [-0.15, -0.1) is 0 Å². The Labute approximate surface area is 136 Å². The van der Waals surface area contributed by atoms with Crippen molar-refractivity contribution in [2.75, 3.05) is 0 Å². The monoisotopic (exact) mass is 368 g/mol. The highest BCUT2D eigenvalue weighted by atomic mass is 79.9. The fourth-order valence-corrected chi connectivity index (χ4v) is 2.56. The van der Waals surface area contributed by atoms with Gasteiger partial charge < -0.3 is 5.32 Å². The van der Waals surface area contributed by atoms with Crippen LogP contribution in [-0.4, -0.2) is 4.92 Å². The van der Waals surface area contributed by atoms with Crippen molar-refractivity contribution in [2.45, 2.75) is 19.5 Å². The maximum atomic E-state index is 10.7. The first-order valence-electron chi connectivity index (χ1n) is 6.39. The highest BCUT2D eigenvalue weighted by Crippen LogP contribution is 2.24. The molecule has 4 nitrogen and oxygen atoms in total. The van der Waals surface area contributed by atoms with Crippen LogP contribution in [0, 0.1) is 10.1 Å². The van der Waals surface area contributed by atoms with E-state index in [0.717, 1.165) is 15.6 Å². The van der Waals surface area contributed by atoms with Crippen molar-refractivity contribution in [3.8, 4) is 0 Å². The van der Waals surface area contributed by atoms with Crippen LogP contribution in [0.25, 0.3) is 0 Å². The summed E-state index contributed by atoms with van der Waals surface area (Å²) in [7, 11) is 0. The summed E-state index contributed by atoms with van der Waals surface area (Å²) in [6, 6.07) is 12.6. The molecule has 0 aliphatic heterocycles. The van der Waals surface area contributed by atoms with E-state index in [1.54, 1.807) is 6.07 Å². The van der Waals surface area contributed by atoms with Crippen LogP contribution < -0.4 is 5.32 Å². The van der Waals surface area contributed by atoms with Gasteiger partial charge >= 0.3 is 0 Å². The molecule has 0 bridgehead atoms. The fraction of sp³-hybridized carbons (Fsp3) is 0.200. The number of hydrogen-bond donors (Lipinski definition) is 1. The van der Waals surface area contributed by atoms with Crippen LogP contribution >= 0.6 is 27.5 Å². The standard InChI is InChI=1S/C15H14BrClN2O2/c1-10(11-2-5-13(17)6-3-11)18-9-12-4-7-14(19(20)21)8-15(12)16/h2-8,10,18H,9H2,1H3. The molecular weight excluding hydrogens is 356 g/mol. The normalized spacial score (nSPS) is 12.1. The van der Waals surface area contributed by atoms with E-state index in [9.17, 15) is 10.1 Å². The second kappa shape index (κ2) is 7.02. The van der Waals surface area contributed by atoms with Crippen molar-refractivity contribution in [3.63, 3.8) is 0 Å². The van der Waals surface area contributed by atoms with Crippen LogP contribution in [0.15, 0.2) is 46.9 Å². The van der Waals surface area contributed by atoms with Crippen LogP contribution in [0.1, 0.15) is 24.1 Å². The Balaban J connectivity index is 2.02. The summed E-state index contributed by atoms with van der Waals surface area (Å²) in [4.78, 5) is 10.3. The number of benzene rings is 2. The Hall–Kier alpha value is -1.43. The molecular formula is C15H14BrClN2O2. The van der Waals surface area contributed by atoms with Gasteiger partial charge in [0.15, 0.2) is 0 Å². The Kier molecular flexibility index (Phi) is 5.33. The van der Waals surface area contributed by atoms with Crippen LogP contribution in [0.2, 0.25) is 5.02 Å². The van der Waals surface area contributed by atoms with Crippen molar-refractivity contribution in [2.24, 2.45) is 0 Å². The predicted molar refractivity (Wildman–Crippen MR) is 87.5 cm³/mol. The van der Waals surface area contributed by atoms with Gasteiger partial charge in [-0.05, 0) is 36.2 Å². The largest absolute Gasteiger partial charge is 0.306 e. The molecule has 1 N–H and O–H groups in total. The second-order valence-corrected chi connectivity index (χ2v) is 5.98. The first-order chi connectivity index (χ1) is 9.97. The molecule has 0 amide bonds.